The van der Waals surface area contributed by atoms with Crippen LogP contribution in [0.15, 0.2) is 41.5 Å². The number of hydrogen-bond donors (Lipinski definition) is 2. The molecule has 0 atom stereocenters. The first-order valence-corrected chi connectivity index (χ1v) is 10.3. The maximum atomic E-state index is 12.1. The molecule has 2 aromatic carbocycles. The minimum Gasteiger partial charge on any atom is -0.495 e. The molecule has 0 heterocycles. The van der Waals surface area contributed by atoms with Crippen LogP contribution in [0.4, 0.5) is 5.69 Å². The Morgan fingerprint density at radius 1 is 1.10 bits per heavy atom. The van der Waals surface area contributed by atoms with Crippen LogP contribution in [0.1, 0.15) is 25.3 Å². The normalized spacial score (nSPS) is 10.5. The number of hydrazone groups is 1. The number of amides is 2. The SMILES string of the molecule is CCCOc1c(I)cc(C=NNC(=O)CC(=O)Nc2ccccc2OC)cc1OC. The van der Waals surface area contributed by atoms with Crippen LogP contribution in [0.2, 0.25) is 0 Å². The molecule has 30 heavy (non-hydrogen) atoms. The largest absolute Gasteiger partial charge is 0.495 e. The number of nitrogens with zero attached hydrogens (tertiary/aromatic N) is 1. The van der Waals surface area contributed by atoms with Gasteiger partial charge in [-0.1, -0.05) is 19.1 Å². The van der Waals surface area contributed by atoms with Gasteiger partial charge in [-0.2, -0.15) is 5.10 Å². The fraction of sp³-hybridized carbons (Fsp3) is 0.286. The minimum absolute atomic E-state index is 0.375. The van der Waals surface area contributed by atoms with Crippen molar-refractivity contribution in [2.24, 2.45) is 5.10 Å². The van der Waals surface area contributed by atoms with Gasteiger partial charge in [0.1, 0.15) is 12.2 Å². The summed E-state index contributed by atoms with van der Waals surface area (Å²) in [6.45, 7) is 2.62. The highest BCUT2D eigenvalue weighted by atomic mass is 127. The van der Waals surface area contributed by atoms with E-state index in [1.807, 2.05) is 13.0 Å². The summed E-state index contributed by atoms with van der Waals surface area (Å²) in [4.78, 5) is 24.1. The molecule has 0 aliphatic carbocycles. The Bertz CT molecular complexity index is 918. The zero-order valence-electron chi connectivity index (χ0n) is 17.0. The molecule has 0 unspecified atom stereocenters. The van der Waals surface area contributed by atoms with Crippen LogP contribution in [-0.2, 0) is 9.59 Å². The lowest BCUT2D eigenvalue weighted by Crippen LogP contribution is -2.24. The third-order valence-corrected chi connectivity index (χ3v) is 4.61. The van der Waals surface area contributed by atoms with Gasteiger partial charge < -0.3 is 19.5 Å². The van der Waals surface area contributed by atoms with Gasteiger partial charge in [0.15, 0.2) is 11.5 Å². The highest BCUT2D eigenvalue weighted by Crippen LogP contribution is 2.33. The molecule has 0 fully saturated rings. The van der Waals surface area contributed by atoms with Gasteiger partial charge in [0.25, 0.3) is 0 Å². The van der Waals surface area contributed by atoms with Crippen LogP contribution < -0.4 is 25.0 Å². The van der Waals surface area contributed by atoms with Crippen molar-refractivity contribution in [3.8, 4) is 17.2 Å². The number of anilines is 1. The average Bonchev–Trinajstić information content (AvgIpc) is 2.72. The van der Waals surface area contributed by atoms with Crippen molar-refractivity contribution in [1.82, 2.24) is 5.43 Å². The molecule has 2 rings (SSSR count). The average molecular weight is 525 g/mol. The summed E-state index contributed by atoms with van der Waals surface area (Å²) in [5, 5.41) is 6.55. The quantitative estimate of drug-likeness (QED) is 0.214. The molecule has 9 heteroatoms. The van der Waals surface area contributed by atoms with Crippen molar-refractivity contribution in [3.63, 3.8) is 0 Å². The number of halogens is 1. The first-order valence-electron chi connectivity index (χ1n) is 9.23. The molecule has 2 aromatic rings. The number of methoxy groups -OCH3 is 2. The Labute approximate surface area is 189 Å². The highest BCUT2D eigenvalue weighted by molar-refractivity contribution is 14.1. The number of ether oxygens (including phenoxy) is 3. The third kappa shape index (κ3) is 6.90. The Hall–Kier alpha value is -2.82. The Morgan fingerprint density at radius 3 is 2.53 bits per heavy atom. The van der Waals surface area contributed by atoms with E-state index in [4.69, 9.17) is 14.2 Å². The van der Waals surface area contributed by atoms with Gasteiger partial charge in [0.05, 0.1) is 36.3 Å². The first-order chi connectivity index (χ1) is 14.5. The van der Waals surface area contributed by atoms with Crippen molar-refractivity contribution >= 4 is 46.3 Å². The van der Waals surface area contributed by atoms with Gasteiger partial charge in [-0.3, -0.25) is 9.59 Å². The van der Waals surface area contributed by atoms with Crippen molar-refractivity contribution in [2.75, 3.05) is 26.1 Å². The molecule has 2 amide bonds. The van der Waals surface area contributed by atoms with Gasteiger partial charge in [-0.15, -0.1) is 0 Å². The van der Waals surface area contributed by atoms with E-state index >= 15 is 0 Å². The number of hydrogen-bond acceptors (Lipinski definition) is 6. The highest BCUT2D eigenvalue weighted by Gasteiger charge is 2.12. The van der Waals surface area contributed by atoms with Crippen molar-refractivity contribution in [2.45, 2.75) is 19.8 Å². The summed E-state index contributed by atoms with van der Waals surface area (Å²) in [6, 6.07) is 10.6. The van der Waals surface area contributed by atoms with E-state index in [1.165, 1.54) is 13.3 Å². The monoisotopic (exact) mass is 525 g/mol. The van der Waals surface area contributed by atoms with Gasteiger partial charge in [-0.05, 0) is 58.8 Å². The van der Waals surface area contributed by atoms with E-state index in [1.54, 1.807) is 37.4 Å². The summed E-state index contributed by atoms with van der Waals surface area (Å²) in [5.74, 6) is 0.761. The van der Waals surface area contributed by atoms with Crippen LogP contribution in [0.5, 0.6) is 17.2 Å². The number of para-hydroxylation sites is 2. The van der Waals surface area contributed by atoms with Crippen LogP contribution in [0.25, 0.3) is 0 Å². The predicted molar refractivity (Wildman–Crippen MR) is 123 cm³/mol. The molecule has 160 valence electrons. The number of benzene rings is 2. The molecule has 0 radical (unpaired) electrons. The van der Waals surface area contributed by atoms with Gasteiger partial charge in [-0.25, -0.2) is 5.43 Å². The molecular formula is C21H24IN3O5. The Kier molecular flexibility index (Phi) is 9.39. The molecule has 2 N–H and O–H groups in total. The second-order valence-electron chi connectivity index (χ2n) is 6.10. The molecule has 0 spiro atoms. The molecule has 0 aromatic heterocycles. The molecule has 0 saturated heterocycles. The maximum Gasteiger partial charge on any atom is 0.249 e. The number of carbonyl (C=O) groups is 2. The summed E-state index contributed by atoms with van der Waals surface area (Å²) in [7, 11) is 3.07. The summed E-state index contributed by atoms with van der Waals surface area (Å²) >= 11 is 2.15. The van der Waals surface area contributed by atoms with Gasteiger partial charge >= 0.3 is 0 Å². The third-order valence-electron chi connectivity index (χ3n) is 3.81. The van der Waals surface area contributed by atoms with Crippen LogP contribution in [0, 0.1) is 3.57 Å². The van der Waals surface area contributed by atoms with E-state index in [0.717, 1.165) is 15.6 Å². The lowest BCUT2D eigenvalue weighted by atomic mass is 10.2. The number of nitrogens with one attached hydrogen (secondary N) is 2. The molecule has 0 bridgehead atoms. The maximum absolute atomic E-state index is 12.1. The minimum atomic E-state index is -0.539. The van der Waals surface area contributed by atoms with Gasteiger partial charge in [0, 0.05) is 0 Å². The molecule has 8 nitrogen and oxygen atoms in total. The lowest BCUT2D eigenvalue weighted by molar-refractivity contribution is -0.126. The van der Waals surface area contributed by atoms with Crippen LogP contribution in [-0.4, -0.2) is 38.9 Å². The van der Waals surface area contributed by atoms with E-state index in [2.05, 4.69) is 38.4 Å². The topological polar surface area (TPSA) is 98.2 Å². The zero-order chi connectivity index (χ0) is 21.9. The fourth-order valence-electron chi connectivity index (χ4n) is 2.46. The predicted octanol–water partition coefficient (Wildman–Crippen LogP) is 3.58. The number of rotatable bonds is 10. The molecule has 0 saturated carbocycles. The standard InChI is InChI=1S/C21H24IN3O5/c1-4-9-30-21-15(22)10-14(11-18(21)29-3)13-23-25-20(27)12-19(26)24-16-7-5-6-8-17(16)28-2/h5-8,10-11,13H,4,9,12H2,1-3H3,(H,24,26)(H,25,27). The van der Waals surface area contributed by atoms with E-state index in [-0.39, 0.29) is 6.42 Å². The lowest BCUT2D eigenvalue weighted by Gasteiger charge is -2.12. The summed E-state index contributed by atoms with van der Waals surface area (Å²) in [5.41, 5.74) is 3.56. The van der Waals surface area contributed by atoms with Gasteiger partial charge in [0.2, 0.25) is 11.8 Å². The Balaban J connectivity index is 1.94. The fourth-order valence-corrected chi connectivity index (χ4v) is 3.25. The Morgan fingerprint density at radius 2 is 1.83 bits per heavy atom. The first kappa shape index (κ1) is 23.5. The molecule has 0 aliphatic rings. The van der Waals surface area contributed by atoms with E-state index in [9.17, 15) is 9.59 Å². The smallest absolute Gasteiger partial charge is 0.249 e. The summed E-state index contributed by atoms with van der Waals surface area (Å²) < 4.78 is 17.1. The van der Waals surface area contributed by atoms with Crippen molar-refractivity contribution < 1.29 is 23.8 Å². The van der Waals surface area contributed by atoms with E-state index < -0.39 is 11.8 Å². The zero-order valence-corrected chi connectivity index (χ0v) is 19.2. The van der Waals surface area contributed by atoms with E-state index in [0.29, 0.717) is 29.5 Å². The van der Waals surface area contributed by atoms with Crippen molar-refractivity contribution in [3.05, 3.63) is 45.5 Å². The van der Waals surface area contributed by atoms with Crippen LogP contribution >= 0.6 is 22.6 Å². The van der Waals surface area contributed by atoms with Crippen molar-refractivity contribution in [1.29, 1.82) is 0 Å². The summed E-state index contributed by atoms with van der Waals surface area (Å²) in [6.07, 6.45) is 1.99. The molecule has 0 aliphatic heterocycles. The second kappa shape index (κ2) is 12.0. The second-order valence-corrected chi connectivity index (χ2v) is 7.26. The van der Waals surface area contributed by atoms with Crippen LogP contribution in [0.3, 0.4) is 0 Å². The molecular weight excluding hydrogens is 501 g/mol. The number of carbonyl (C=O) groups excluding carboxylic acids is 2.